The van der Waals surface area contributed by atoms with E-state index in [1.54, 1.807) is 23.3 Å². The van der Waals surface area contributed by atoms with Crippen LogP contribution < -0.4 is 16.0 Å². The maximum absolute atomic E-state index is 12.4. The lowest BCUT2D eigenvalue weighted by atomic mass is 10.1. The first-order chi connectivity index (χ1) is 15.5. The standard InChI is InChI=1S/C22H22N8O2/c1-2-30(21(23)32)22-27-17-10-14(9-15(19(17)28-22)16-5-3-4-8-24-16)29-11-18(25-12-29)20(31)26-13-6-7-13/h3-5,8-13H,2,6-7H2,1H3,(H2,23,32)(H,26,31)(H,27,28). The largest absolute Gasteiger partial charge is 0.351 e. The third-order valence-electron chi connectivity index (χ3n) is 5.36. The molecule has 0 atom stereocenters. The van der Waals surface area contributed by atoms with Crippen molar-refractivity contribution in [1.29, 1.82) is 0 Å². The monoisotopic (exact) mass is 430 g/mol. The third-order valence-corrected chi connectivity index (χ3v) is 5.36. The van der Waals surface area contributed by atoms with E-state index in [0.29, 0.717) is 29.2 Å². The van der Waals surface area contributed by atoms with Gasteiger partial charge in [0.05, 0.1) is 11.2 Å². The SMILES string of the molecule is CCN(C(N)=O)c1nc2c(-c3ccccn3)cc(-n3cnc(C(=O)NC4CC4)c3)cc2[nH]1. The Labute approximate surface area is 183 Å². The smallest absolute Gasteiger partial charge is 0.321 e. The second-order valence-corrected chi connectivity index (χ2v) is 7.66. The van der Waals surface area contributed by atoms with Crippen LogP contribution >= 0.6 is 0 Å². The fourth-order valence-corrected chi connectivity index (χ4v) is 3.56. The first-order valence-corrected chi connectivity index (χ1v) is 10.4. The van der Waals surface area contributed by atoms with Crippen molar-refractivity contribution in [2.24, 2.45) is 5.73 Å². The number of aromatic nitrogens is 5. The molecule has 0 bridgehead atoms. The fraction of sp³-hybridized carbons (Fsp3) is 0.227. The molecule has 32 heavy (non-hydrogen) atoms. The number of carbonyl (C=O) groups is 2. The van der Waals surface area contributed by atoms with E-state index in [0.717, 1.165) is 29.8 Å². The summed E-state index contributed by atoms with van der Waals surface area (Å²) in [6, 6.07) is 9.11. The third kappa shape index (κ3) is 3.66. The Morgan fingerprint density at radius 3 is 2.81 bits per heavy atom. The van der Waals surface area contributed by atoms with Crippen molar-refractivity contribution in [1.82, 2.24) is 29.8 Å². The number of benzene rings is 1. The van der Waals surface area contributed by atoms with Crippen molar-refractivity contribution in [2.75, 3.05) is 11.4 Å². The first-order valence-electron chi connectivity index (χ1n) is 10.4. The van der Waals surface area contributed by atoms with Crippen LogP contribution in [0.3, 0.4) is 0 Å². The van der Waals surface area contributed by atoms with Gasteiger partial charge in [-0.05, 0) is 44.0 Å². The molecule has 0 unspecified atom stereocenters. The average Bonchev–Trinajstić information content (AvgIpc) is 3.29. The number of H-pyrrole nitrogens is 1. The summed E-state index contributed by atoms with van der Waals surface area (Å²) in [6.07, 6.45) is 7.03. The first kappa shape index (κ1) is 19.7. The molecule has 0 saturated heterocycles. The topological polar surface area (TPSA) is 135 Å². The summed E-state index contributed by atoms with van der Waals surface area (Å²) in [6.45, 7) is 2.20. The molecule has 0 radical (unpaired) electrons. The summed E-state index contributed by atoms with van der Waals surface area (Å²) in [5.74, 6) is 0.181. The predicted octanol–water partition coefficient (Wildman–Crippen LogP) is 2.61. The summed E-state index contributed by atoms with van der Waals surface area (Å²) in [5, 5.41) is 2.94. The van der Waals surface area contributed by atoms with Gasteiger partial charge in [0.2, 0.25) is 5.95 Å². The molecule has 1 fully saturated rings. The molecule has 4 aromatic rings. The van der Waals surface area contributed by atoms with E-state index in [1.165, 1.54) is 4.90 Å². The number of hydrogen-bond acceptors (Lipinski definition) is 5. The van der Waals surface area contributed by atoms with Crippen molar-refractivity contribution in [3.8, 4) is 16.9 Å². The molecular formula is C22H22N8O2. The quantitative estimate of drug-likeness (QED) is 0.432. The lowest BCUT2D eigenvalue weighted by Gasteiger charge is -2.13. The van der Waals surface area contributed by atoms with Crippen LogP contribution in [0.2, 0.25) is 0 Å². The second-order valence-electron chi connectivity index (χ2n) is 7.66. The van der Waals surface area contributed by atoms with Crippen LogP contribution in [0.25, 0.3) is 28.0 Å². The van der Waals surface area contributed by atoms with Crippen LogP contribution in [0, 0.1) is 0 Å². The number of urea groups is 1. The number of primary amides is 1. The summed E-state index contributed by atoms with van der Waals surface area (Å²) in [5.41, 5.74) is 9.50. The van der Waals surface area contributed by atoms with Gasteiger partial charge in [0.1, 0.15) is 17.5 Å². The van der Waals surface area contributed by atoms with E-state index >= 15 is 0 Å². The molecule has 4 N–H and O–H groups in total. The minimum Gasteiger partial charge on any atom is -0.351 e. The van der Waals surface area contributed by atoms with Crippen molar-refractivity contribution < 1.29 is 9.59 Å². The highest BCUT2D eigenvalue weighted by molar-refractivity contribution is 5.97. The van der Waals surface area contributed by atoms with Gasteiger partial charge in [0.15, 0.2) is 0 Å². The normalized spacial score (nSPS) is 13.3. The van der Waals surface area contributed by atoms with Gasteiger partial charge in [-0.2, -0.15) is 0 Å². The molecule has 0 spiro atoms. The number of imidazole rings is 2. The van der Waals surface area contributed by atoms with E-state index in [-0.39, 0.29) is 11.9 Å². The molecule has 10 heteroatoms. The molecule has 5 rings (SSSR count). The Balaban J connectivity index is 1.61. The molecule has 3 aromatic heterocycles. The zero-order valence-electron chi connectivity index (χ0n) is 17.4. The van der Waals surface area contributed by atoms with Crippen molar-refractivity contribution >= 4 is 28.9 Å². The van der Waals surface area contributed by atoms with Crippen LogP contribution in [0.4, 0.5) is 10.7 Å². The van der Waals surface area contributed by atoms with Gasteiger partial charge >= 0.3 is 6.03 Å². The minimum absolute atomic E-state index is 0.179. The molecule has 1 aromatic carbocycles. The number of hydrogen-bond donors (Lipinski definition) is 3. The highest BCUT2D eigenvalue weighted by Crippen LogP contribution is 2.31. The molecular weight excluding hydrogens is 408 g/mol. The molecule has 3 heterocycles. The maximum atomic E-state index is 12.4. The van der Waals surface area contributed by atoms with E-state index in [1.807, 2.05) is 37.3 Å². The van der Waals surface area contributed by atoms with Gasteiger partial charge in [-0.15, -0.1) is 0 Å². The molecule has 10 nitrogen and oxygen atoms in total. The van der Waals surface area contributed by atoms with E-state index in [9.17, 15) is 9.59 Å². The second kappa shape index (κ2) is 7.80. The Hall–Kier alpha value is -4.21. The van der Waals surface area contributed by atoms with Gasteiger partial charge in [0.25, 0.3) is 5.91 Å². The Morgan fingerprint density at radius 2 is 2.12 bits per heavy atom. The van der Waals surface area contributed by atoms with Crippen LogP contribution in [-0.4, -0.2) is 49.0 Å². The zero-order valence-corrected chi connectivity index (χ0v) is 17.4. The van der Waals surface area contributed by atoms with Crippen LogP contribution in [0.15, 0.2) is 49.1 Å². The summed E-state index contributed by atoms with van der Waals surface area (Å²) in [7, 11) is 0. The number of aromatic amines is 1. The fourth-order valence-electron chi connectivity index (χ4n) is 3.56. The number of carbonyl (C=O) groups excluding carboxylic acids is 2. The predicted molar refractivity (Wildman–Crippen MR) is 120 cm³/mol. The number of anilines is 1. The molecule has 1 saturated carbocycles. The minimum atomic E-state index is -0.591. The van der Waals surface area contributed by atoms with E-state index in [2.05, 4.69) is 25.3 Å². The highest BCUT2D eigenvalue weighted by atomic mass is 16.2. The van der Waals surface area contributed by atoms with Gasteiger partial charge in [-0.1, -0.05) is 6.07 Å². The number of pyridine rings is 1. The van der Waals surface area contributed by atoms with Gasteiger partial charge in [-0.25, -0.2) is 14.8 Å². The molecule has 0 aliphatic heterocycles. The molecule has 1 aliphatic carbocycles. The molecule has 1 aliphatic rings. The van der Waals surface area contributed by atoms with Gasteiger partial charge in [-0.3, -0.25) is 14.7 Å². The van der Waals surface area contributed by atoms with Crippen molar-refractivity contribution in [3.63, 3.8) is 0 Å². The summed E-state index contributed by atoms with van der Waals surface area (Å²) in [4.78, 5) is 42.1. The number of nitrogens with two attached hydrogens (primary N) is 1. The van der Waals surface area contributed by atoms with E-state index < -0.39 is 6.03 Å². The van der Waals surface area contributed by atoms with Gasteiger partial charge < -0.3 is 20.6 Å². The summed E-state index contributed by atoms with van der Waals surface area (Å²) >= 11 is 0. The summed E-state index contributed by atoms with van der Waals surface area (Å²) < 4.78 is 1.78. The van der Waals surface area contributed by atoms with Crippen molar-refractivity contribution in [2.45, 2.75) is 25.8 Å². The Morgan fingerprint density at radius 1 is 1.28 bits per heavy atom. The zero-order chi connectivity index (χ0) is 22.2. The maximum Gasteiger partial charge on any atom is 0.321 e. The van der Waals surface area contributed by atoms with Gasteiger partial charge in [0, 0.05) is 36.2 Å². The van der Waals surface area contributed by atoms with Crippen LogP contribution in [0.1, 0.15) is 30.3 Å². The van der Waals surface area contributed by atoms with Crippen LogP contribution in [0.5, 0.6) is 0 Å². The number of amides is 3. The highest BCUT2D eigenvalue weighted by Gasteiger charge is 2.25. The lowest BCUT2D eigenvalue weighted by Crippen LogP contribution is -2.36. The number of nitrogens with zero attached hydrogens (tertiary/aromatic N) is 5. The molecule has 162 valence electrons. The average molecular weight is 430 g/mol. The number of rotatable bonds is 6. The van der Waals surface area contributed by atoms with Crippen molar-refractivity contribution in [3.05, 3.63) is 54.7 Å². The lowest BCUT2D eigenvalue weighted by molar-refractivity contribution is 0.0946. The number of nitrogens with one attached hydrogen (secondary N) is 2. The van der Waals surface area contributed by atoms with E-state index in [4.69, 9.17) is 5.73 Å². The molecule has 3 amide bonds. The Bertz CT molecular complexity index is 1310. The van der Waals surface area contributed by atoms with Crippen LogP contribution in [-0.2, 0) is 0 Å². The number of fused-ring (bicyclic) bond motifs is 1. The Kier molecular flexibility index (Phi) is 4.81.